The monoisotopic (exact) mass is 529 g/mol. The molecule has 0 saturated carbocycles. The minimum absolute atomic E-state index is 0.0270. The Hall–Kier alpha value is -4.10. The molecule has 0 spiro atoms. The van der Waals surface area contributed by atoms with Gasteiger partial charge in [0.2, 0.25) is 5.88 Å². The van der Waals surface area contributed by atoms with Gasteiger partial charge in [0.05, 0.1) is 39.0 Å². The molecule has 0 fully saturated rings. The van der Waals surface area contributed by atoms with E-state index in [-0.39, 0.29) is 17.3 Å². The molecule has 0 bridgehead atoms. The van der Waals surface area contributed by atoms with E-state index in [1.165, 1.54) is 32.0 Å². The van der Waals surface area contributed by atoms with Gasteiger partial charge in [0.25, 0.3) is 0 Å². The van der Waals surface area contributed by atoms with Crippen LogP contribution < -0.4 is 14.2 Å². The van der Waals surface area contributed by atoms with Gasteiger partial charge in [-0.05, 0) is 30.3 Å². The molecule has 1 aromatic carbocycles. The molecule has 0 aliphatic carbocycles. The van der Waals surface area contributed by atoms with Crippen molar-refractivity contribution in [2.75, 3.05) is 27.1 Å². The molecule has 37 heavy (non-hydrogen) atoms. The number of para-hydroxylation sites is 1. The maximum atomic E-state index is 13.2. The largest absolute Gasteiger partial charge is 0.494 e. The summed E-state index contributed by atoms with van der Waals surface area (Å²) in [5.74, 6) is -0.554. The summed E-state index contributed by atoms with van der Waals surface area (Å²) in [5, 5.41) is 18.8. The normalized spacial score (nSPS) is 12.2. The molecule has 1 N–H and O–H groups in total. The summed E-state index contributed by atoms with van der Waals surface area (Å²) < 4.78 is 57.3. The van der Waals surface area contributed by atoms with Crippen molar-refractivity contribution in [3.63, 3.8) is 0 Å². The molecule has 0 aliphatic heterocycles. The summed E-state index contributed by atoms with van der Waals surface area (Å²) in [6.07, 6.45) is -0.564. The lowest BCUT2D eigenvalue weighted by Gasteiger charge is -2.17. The fraction of sp³-hybridized carbons (Fsp3) is 0.250. The van der Waals surface area contributed by atoms with Crippen LogP contribution in [0, 0.1) is 5.82 Å². The van der Waals surface area contributed by atoms with E-state index < -0.39 is 33.3 Å². The molecule has 0 radical (unpaired) electrons. The lowest BCUT2D eigenvalue weighted by molar-refractivity contribution is 0.196. The molecule has 3 heterocycles. The quantitative estimate of drug-likeness (QED) is 0.326. The molecule has 0 amide bonds. The Kier molecular flexibility index (Phi) is 7.64. The van der Waals surface area contributed by atoms with E-state index in [0.717, 1.165) is 12.3 Å². The number of rotatable bonds is 10. The van der Waals surface area contributed by atoms with E-state index >= 15 is 0 Å². The number of pyridine rings is 2. The van der Waals surface area contributed by atoms with Crippen LogP contribution in [0.3, 0.4) is 0 Å². The SMILES string of the molecule is COc1cccc(-c2nnc(CS(=O)(=O)C[C@H](O)c3ccc(F)cn3)n2-c2c(OC)cccc2OC)n1. The van der Waals surface area contributed by atoms with Crippen molar-refractivity contribution in [1.29, 1.82) is 0 Å². The molecule has 3 aromatic heterocycles. The summed E-state index contributed by atoms with van der Waals surface area (Å²) >= 11 is 0. The average Bonchev–Trinajstić information content (AvgIpc) is 3.30. The number of methoxy groups -OCH3 is 3. The predicted octanol–water partition coefficient (Wildman–Crippen LogP) is 2.54. The molecule has 194 valence electrons. The van der Waals surface area contributed by atoms with Crippen LogP contribution in [0.2, 0.25) is 0 Å². The Balaban J connectivity index is 1.80. The zero-order valence-electron chi connectivity index (χ0n) is 20.2. The van der Waals surface area contributed by atoms with Crippen LogP contribution in [0.25, 0.3) is 17.2 Å². The third-order valence-electron chi connectivity index (χ3n) is 5.37. The molecule has 0 unspecified atom stereocenters. The second-order valence-electron chi connectivity index (χ2n) is 7.82. The number of sulfone groups is 1. The second-order valence-corrected chi connectivity index (χ2v) is 9.93. The Morgan fingerprint density at radius 3 is 2.30 bits per heavy atom. The fourth-order valence-electron chi connectivity index (χ4n) is 3.68. The Labute approximate surface area is 212 Å². The Morgan fingerprint density at radius 1 is 0.973 bits per heavy atom. The third-order valence-corrected chi connectivity index (χ3v) is 6.89. The van der Waals surface area contributed by atoms with Gasteiger partial charge in [0.15, 0.2) is 21.5 Å². The molecule has 11 nitrogen and oxygen atoms in total. The van der Waals surface area contributed by atoms with Crippen LogP contribution in [0.4, 0.5) is 4.39 Å². The minimum Gasteiger partial charge on any atom is -0.494 e. The number of nitrogens with zero attached hydrogens (tertiary/aromatic N) is 5. The highest BCUT2D eigenvalue weighted by molar-refractivity contribution is 7.90. The highest BCUT2D eigenvalue weighted by Crippen LogP contribution is 2.36. The lowest BCUT2D eigenvalue weighted by atomic mass is 10.2. The molecule has 13 heteroatoms. The van der Waals surface area contributed by atoms with Gasteiger partial charge in [-0.25, -0.2) is 17.8 Å². The van der Waals surface area contributed by atoms with E-state index in [9.17, 15) is 17.9 Å². The van der Waals surface area contributed by atoms with Gasteiger partial charge in [-0.2, -0.15) is 0 Å². The summed E-state index contributed by atoms with van der Waals surface area (Å²) in [4.78, 5) is 8.17. The molecule has 0 aliphatic rings. The van der Waals surface area contributed by atoms with Crippen molar-refractivity contribution in [2.24, 2.45) is 0 Å². The maximum Gasteiger partial charge on any atom is 0.213 e. The standard InChI is InChI=1S/C24H24FN5O6S/c1-34-19-7-5-8-20(35-2)23(19)30-21(28-29-24(30)17-6-4-9-22(27-17)36-3)14-37(32,33)13-18(31)16-11-10-15(25)12-26-16/h4-12,18,31H,13-14H2,1-3H3/t18-/m0/s1. The van der Waals surface area contributed by atoms with E-state index in [4.69, 9.17) is 14.2 Å². The van der Waals surface area contributed by atoms with Gasteiger partial charge in [-0.3, -0.25) is 9.55 Å². The number of benzene rings is 1. The zero-order chi connectivity index (χ0) is 26.6. The molecular weight excluding hydrogens is 505 g/mol. The van der Waals surface area contributed by atoms with Gasteiger partial charge >= 0.3 is 0 Å². The first-order valence-corrected chi connectivity index (χ1v) is 12.8. The van der Waals surface area contributed by atoms with Crippen LogP contribution >= 0.6 is 0 Å². The average molecular weight is 530 g/mol. The van der Waals surface area contributed by atoms with Gasteiger partial charge in [0.1, 0.15) is 40.6 Å². The number of hydrogen-bond acceptors (Lipinski definition) is 10. The number of aliphatic hydroxyl groups excluding tert-OH is 1. The van der Waals surface area contributed by atoms with E-state index in [0.29, 0.717) is 28.8 Å². The van der Waals surface area contributed by atoms with Crippen LogP contribution in [0.1, 0.15) is 17.6 Å². The summed E-state index contributed by atoms with van der Waals surface area (Å²) in [6, 6.07) is 12.4. The van der Waals surface area contributed by atoms with Crippen molar-refractivity contribution in [3.8, 4) is 34.6 Å². The molecule has 4 aromatic rings. The highest BCUT2D eigenvalue weighted by atomic mass is 32.2. The lowest BCUT2D eigenvalue weighted by Crippen LogP contribution is -2.19. The molecule has 4 rings (SSSR count). The maximum absolute atomic E-state index is 13.2. The van der Waals surface area contributed by atoms with Gasteiger partial charge in [-0.1, -0.05) is 12.1 Å². The van der Waals surface area contributed by atoms with E-state index in [1.807, 2.05) is 0 Å². The number of aromatic nitrogens is 5. The van der Waals surface area contributed by atoms with E-state index in [2.05, 4.69) is 20.2 Å². The van der Waals surface area contributed by atoms with Gasteiger partial charge in [-0.15, -0.1) is 10.2 Å². The van der Waals surface area contributed by atoms with Crippen LogP contribution in [-0.4, -0.2) is 65.3 Å². The summed E-state index contributed by atoms with van der Waals surface area (Å²) in [5.41, 5.74) is 0.751. The first-order chi connectivity index (χ1) is 17.8. The van der Waals surface area contributed by atoms with Crippen LogP contribution in [0.5, 0.6) is 17.4 Å². The minimum atomic E-state index is -3.98. The first kappa shape index (κ1) is 26.0. The van der Waals surface area contributed by atoms with Crippen molar-refractivity contribution in [2.45, 2.75) is 11.9 Å². The predicted molar refractivity (Wildman–Crippen MR) is 131 cm³/mol. The molecular formula is C24H24FN5O6S. The third kappa shape index (κ3) is 5.67. The Bertz CT molecular complexity index is 1470. The van der Waals surface area contributed by atoms with Crippen molar-refractivity contribution in [1.82, 2.24) is 24.7 Å². The number of ether oxygens (including phenoxy) is 3. The van der Waals surface area contributed by atoms with Crippen molar-refractivity contribution >= 4 is 9.84 Å². The molecule has 1 atom stereocenters. The smallest absolute Gasteiger partial charge is 0.213 e. The van der Waals surface area contributed by atoms with E-state index in [1.54, 1.807) is 36.4 Å². The first-order valence-electron chi connectivity index (χ1n) is 10.9. The number of halogens is 1. The fourth-order valence-corrected chi connectivity index (χ4v) is 5.03. The molecule has 0 saturated heterocycles. The highest BCUT2D eigenvalue weighted by Gasteiger charge is 2.28. The summed E-state index contributed by atoms with van der Waals surface area (Å²) in [6.45, 7) is 0. The van der Waals surface area contributed by atoms with Gasteiger partial charge < -0.3 is 19.3 Å². The number of hydrogen-bond donors (Lipinski definition) is 1. The van der Waals surface area contributed by atoms with Crippen LogP contribution in [-0.2, 0) is 15.6 Å². The zero-order valence-corrected chi connectivity index (χ0v) is 21.0. The van der Waals surface area contributed by atoms with Crippen LogP contribution in [0.15, 0.2) is 54.7 Å². The van der Waals surface area contributed by atoms with Gasteiger partial charge in [0, 0.05) is 6.07 Å². The Morgan fingerprint density at radius 2 is 1.68 bits per heavy atom. The topological polar surface area (TPSA) is 139 Å². The number of aliphatic hydroxyl groups is 1. The van der Waals surface area contributed by atoms with Crippen molar-refractivity contribution in [3.05, 3.63) is 72.1 Å². The summed E-state index contributed by atoms with van der Waals surface area (Å²) in [7, 11) is 0.428. The second kappa shape index (κ2) is 10.9. The van der Waals surface area contributed by atoms with Crippen molar-refractivity contribution < 1.29 is 32.1 Å².